The number of methoxy groups -OCH3 is 1. The predicted octanol–water partition coefficient (Wildman–Crippen LogP) is 3.01. The van der Waals surface area contributed by atoms with Crippen molar-refractivity contribution < 1.29 is 19.0 Å². The third-order valence-electron chi connectivity index (χ3n) is 2.37. The molecule has 19 heavy (non-hydrogen) atoms. The van der Waals surface area contributed by atoms with Crippen LogP contribution >= 0.6 is 0 Å². The Balaban J connectivity index is 2.27. The van der Waals surface area contributed by atoms with Crippen LogP contribution in [0.2, 0.25) is 0 Å². The van der Waals surface area contributed by atoms with Gasteiger partial charge in [-0.15, -0.1) is 0 Å². The van der Waals surface area contributed by atoms with Gasteiger partial charge < -0.3 is 14.2 Å². The van der Waals surface area contributed by atoms with E-state index in [0.29, 0.717) is 11.5 Å². The SMILES string of the molecule is C=C(/C=C1/OCOC1=C)CC/C=C/C=C/C(=O)OC. The first-order chi connectivity index (χ1) is 9.13. The number of carbonyl (C=O) groups excluding carboxylic acids is 1. The Kier molecular flexibility index (Phi) is 6.22. The Morgan fingerprint density at radius 3 is 2.84 bits per heavy atom. The van der Waals surface area contributed by atoms with Crippen LogP contribution in [-0.4, -0.2) is 19.9 Å². The molecule has 102 valence electrons. The molecule has 0 aromatic carbocycles. The first-order valence-corrected chi connectivity index (χ1v) is 5.89. The molecule has 4 heteroatoms. The van der Waals surface area contributed by atoms with E-state index in [9.17, 15) is 4.79 Å². The fourth-order valence-electron chi connectivity index (χ4n) is 1.34. The van der Waals surface area contributed by atoms with Crippen molar-refractivity contribution >= 4 is 5.97 Å². The second-order valence-electron chi connectivity index (χ2n) is 3.85. The van der Waals surface area contributed by atoms with Crippen LogP contribution in [0.15, 0.2) is 60.6 Å². The van der Waals surface area contributed by atoms with Crippen LogP contribution < -0.4 is 0 Å². The van der Waals surface area contributed by atoms with Gasteiger partial charge in [0, 0.05) is 6.08 Å². The Morgan fingerprint density at radius 1 is 1.42 bits per heavy atom. The number of esters is 1. The molecular weight excluding hydrogens is 244 g/mol. The van der Waals surface area contributed by atoms with Gasteiger partial charge in [0.05, 0.1) is 7.11 Å². The second kappa shape index (κ2) is 7.97. The molecule has 1 rings (SSSR count). The van der Waals surface area contributed by atoms with Gasteiger partial charge in [0.15, 0.2) is 11.5 Å². The summed E-state index contributed by atoms with van der Waals surface area (Å²) >= 11 is 0. The lowest BCUT2D eigenvalue weighted by Crippen LogP contribution is -1.92. The van der Waals surface area contributed by atoms with Crippen molar-refractivity contribution in [2.45, 2.75) is 12.8 Å². The van der Waals surface area contributed by atoms with Gasteiger partial charge in [0.1, 0.15) is 0 Å². The highest BCUT2D eigenvalue weighted by molar-refractivity contribution is 5.82. The highest BCUT2D eigenvalue weighted by atomic mass is 16.7. The fraction of sp³-hybridized carbons (Fsp3) is 0.267. The van der Waals surface area contributed by atoms with Gasteiger partial charge in [-0.05, 0) is 18.9 Å². The molecule has 0 radical (unpaired) electrons. The first-order valence-electron chi connectivity index (χ1n) is 5.89. The number of hydrogen-bond acceptors (Lipinski definition) is 4. The van der Waals surface area contributed by atoms with Crippen molar-refractivity contribution in [2.75, 3.05) is 13.9 Å². The van der Waals surface area contributed by atoms with E-state index in [1.165, 1.54) is 13.2 Å². The van der Waals surface area contributed by atoms with Crippen LogP contribution in [0.5, 0.6) is 0 Å². The summed E-state index contributed by atoms with van der Waals surface area (Å²) in [6.45, 7) is 7.86. The molecule has 0 unspecified atom stereocenters. The summed E-state index contributed by atoms with van der Waals surface area (Å²) in [7, 11) is 1.34. The predicted molar refractivity (Wildman–Crippen MR) is 72.9 cm³/mol. The van der Waals surface area contributed by atoms with Crippen molar-refractivity contribution in [3.8, 4) is 0 Å². The zero-order chi connectivity index (χ0) is 14.1. The van der Waals surface area contributed by atoms with Crippen LogP contribution in [0.25, 0.3) is 0 Å². The maximum atomic E-state index is 10.8. The lowest BCUT2D eigenvalue weighted by molar-refractivity contribution is -0.134. The third-order valence-corrected chi connectivity index (χ3v) is 2.37. The largest absolute Gasteiger partial charge is 0.466 e. The molecule has 0 aromatic rings. The Bertz CT molecular complexity index is 441. The molecule has 0 bridgehead atoms. The molecule has 1 heterocycles. The molecule has 1 aliphatic heterocycles. The minimum Gasteiger partial charge on any atom is -0.466 e. The van der Waals surface area contributed by atoms with Crippen LogP contribution in [0.1, 0.15) is 12.8 Å². The van der Waals surface area contributed by atoms with E-state index in [1.54, 1.807) is 12.2 Å². The molecule has 4 nitrogen and oxygen atoms in total. The molecule has 1 fully saturated rings. The first kappa shape index (κ1) is 14.8. The highest BCUT2D eigenvalue weighted by Gasteiger charge is 2.13. The average Bonchev–Trinajstić information content (AvgIpc) is 2.79. The number of rotatable bonds is 6. The van der Waals surface area contributed by atoms with Crippen LogP contribution in [0.3, 0.4) is 0 Å². The maximum Gasteiger partial charge on any atom is 0.330 e. The van der Waals surface area contributed by atoms with Crippen molar-refractivity contribution in [3.05, 3.63) is 60.6 Å². The standard InChI is InChI=1S/C15H18O4/c1-12(10-14-13(2)18-11-19-14)8-6-4-5-7-9-15(16)17-3/h4-5,7,9-10H,1-2,6,8,11H2,3H3/b5-4+,9-7+,14-10+. The third kappa shape index (κ3) is 5.77. The Hall–Kier alpha value is -2.23. The van der Waals surface area contributed by atoms with Crippen molar-refractivity contribution in [2.24, 2.45) is 0 Å². The van der Waals surface area contributed by atoms with E-state index in [0.717, 1.165) is 18.4 Å². The summed E-state index contributed by atoms with van der Waals surface area (Å²) in [5.74, 6) is 0.813. The molecule has 0 amide bonds. The molecule has 0 saturated carbocycles. The van der Waals surface area contributed by atoms with Crippen molar-refractivity contribution in [1.82, 2.24) is 0 Å². The van der Waals surface area contributed by atoms with E-state index in [1.807, 2.05) is 12.2 Å². The molecular formula is C15H18O4. The summed E-state index contributed by atoms with van der Waals surface area (Å²) in [6.07, 6.45) is 10.2. The van der Waals surface area contributed by atoms with Crippen molar-refractivity contribution in [1.29, 1.82) is 0 Å². The molecule has 0 N–H and O–H groups in total. The summed E-state index contributed by atoms with van der Waals surface area (Å²) in [5, 5.41) is 0. The summed E-state index contributed by atoms with van der Waals surface area (Å²) in [4.78, 5) is 10.8. The Labute approximate surface area is 113 Å². The van der Waals surface area contributed by atoms with E-state index < -0.39 is 0 Å². The fourth-order valence-corrected chi connectivity index (χ4v) is 1.34. The quantitative estimate of drug-likeness (QED) is 0.419. The van der Waals surface area contributed by atoms with Gasteiger partial charge >= 0.3 is 5.97 Å². The topological polar surface area (TPSA) is 44.8 Å². The van der Waals surface area contributed by atoms with Crippen LogP contribution in [0.4, 0.5) is 0 Å². The maximum absolute atomic E-state index is 10.8. The number of allylic oxidation sites excluding steroid dienone is 5. The van der Waals surface area contributed by atoms with E-state index in [2.05, 4.69) is 17.9 Å². The summed E-state index contributed by atoms with van der Waals surface area (Å²) in [5.41, 5.74) is 0.934. The van der Waals surface area contributed by atoms with E-state index in [4.69, 9.17) is 9.47 Å². The van der Waals surface area contributed by atoms with Gasteiger partial charge in [-0.1, -0.05) is 37.0 Å². The minimum absolute atomic E-state index is 0.218. The summed E-state index contributed by atoms with van der Waals surface area (Å²) < 4.78 is 14.7. The zero-order valence-corrected chi connectivity index (χ0v) is 11.1. The van der Waals surface area contributed by atoms with Gasteiger partial charge in [0.25, 0.3) is 0 Å². The number of hydrogen-bond donors (Lipinski definition) is 0. The van der Waals surface area contributed by atoms with E-state index in [-0.39, 0.29) is 12.8 Å². The van der Waals surface area contributed by atoms with Gasteiger partial charge in [-0.3, -0.25) is 0 Å². The molecule has 0 aromatic heterocycles. The Morgan fingerprint density at radius 2 is 2.21 bits per heavy atom. The highest BCUT2D eigenvalue weighted by Crippen LogP contribution is 2.21. The number of carbonyl (C=O) groups is 1. The lowest BCUT2D eigenvalue weighted by atomic mass is 10.1. The van der Waals surface area contributed by atoms with E-state index >= 15 is 0 Å². The zero-order valence-electron chi connectivity index (χ0n) is 11.1. The smallest absolute Gasteiger partial charge is 0.330 e. The summed E-state index contributed by atoms with van der Waals surface area (Å²) in [6, 6.07) is 0. The van der Waals surface area contributed by atoms with Gasteiger partial charge in [0.2, 0.25) is 6.79 Å². The molecule has 0 spiro atoms. The van der Waals surface area contributed by atoms with Crippen molar-refractivity contribution in [3.63, 3.8) is 0 Å². The lowest BCUT2D eigenvalue weighted by Gasteiger charge is -1.98. The molecule has 0 atom stereocenters. The van der Waals surface area contributed by atoms with Crippen LogP contribution in [-0.2, 0) is 19.0 Å². The normalized spacial score (nSPS) is 16.9. The minimum atomic E-state index is -0.365. The average molecular weight is 262 g/mol. The van der Waals surface area contributed by atoms with Gasteiger partial charge in [-0.25, -0.2) is 4.79 Å². The monoisotopic (exact) mass is 262 g/mol. The molecule has 1 saturated heterocycles. The second-order valence-corrected chi connectivity index (χ2v) is 3.85. The van der Waals surface area contributed by atoms with Crippen LogP contribution in [0, 0.1) is 0 Å². The van der Waals surface area contributed by atoms with Gasteiger partial charge in [-0.2, -0.15) is 0 Å². The molecule has 0 aliphatic carbocycles. The number of ether oxygens (including phenoxy) is 3. The molecule has 1 aliphatic rings.